The Labute approximate surface area is 223 Å². The topological polar surface area (TPSA) is 125 Å². The summed E-state index contributed by atoms with van der Waals surface area (Å²) >= 11 is 0. The molecule has 0 bridgehead atoms. The van der Waals surface area contributed by atoms with Crippen molar-refractivity contribution in [3.8, 4) is 11.8 Å². The predicted molar refractivity (Wildman–Crippen MR) is 134 cm³/mol. The fraction of sp³-hybridized carbons (Fsp3) is 0.296. The molecular formula is C27H26FN5O6. The number of carboxylic acid groups (broad SMARTS) is 1. The first-order chi connectivity index (χ1) is 18.9. The van der Waals surface area contributed by atoms with E-state index < -0.39 is 35.7 Å². The lowest BCUT2D eigenvalue weighted by Gasteiger charge is -2.36. The highest BCUT2D eigenvalue weighted by Crippen LogP contribution is 2.28. The minimum Gasteiger partial charge on any atom is -0.465 e. The molecule has 0 saturated carbocycles. The van der Waals surface area contributed by atoms with Gasteiger partial charge < -0.3 is 19.5 Å². The minimum atomic E-state index is -1.09. The summed E-state index contributed by atoms with van der Waals surface area (Å²) < 4.78 is 24.6. The number of para-hydroxylation sites is 1. The van der Waals surface area contributed by atoms with Gasteiger partial charge >= 0.3 is 12.1 Å². The molecule has 5 rings (SSSR count). The van der Waals surface area contributed by atoms with Crippen LogP contribution in [0.3, 0.4) is 0 Å². The number of amides is 3. The molecule has 0 aliphatic carbocycles. The van der Waals surface area contributed by atoms with Gasteiger partial charge in [-0.3, -0.25) is 14.6 Å². The molecule has 12 heteroatoms. The van der Waals surface area contributed by atoms with Crippen molar-refractivity contribution in [2.75, 3.05) is 32.8 Å². The SMILES string of the molecule is O=C(O)N1CCOCC1C1CN(C(=O)Cc2ccc(F)cc2)N(C(=O)c2ccnc(Oc3ccccc3)n2)C1. The maximum atomic E-state index is 13.7. The lowest BCUT2D eigenvalue weighted by Crippen LogP contribution is -2.53. The molecule has 3 amide bonds. The quantitative estimate of drug-likeness (QED) is 0.511. The molecule has 39 heavy (non-hydrogen) atoms. The van der Waals surface area contributed by atoms with Gasteiger partial charge in [-0.1, -0.05) is 30.3 Å². The van der Waals surface area contributed by atoms with Gasteiger partial charge in [0.1, 0.15) is 17.3 Å². The van der Waals surface area contributed by atoms with Crippen LogP contribution in [0.4, 0.5) is 9.18 Å². The fourth-order valence-corrected chi connectivity index (χ4v) is 4.73. The number of hydrogen-bond acceptors (Lipinski definition) is 7. The molecule has 0 radical (unpaired) electrons. The van der Waals surface area contributed by atoms with Crippen molar-refractivity contribution in [2.45, 2.75) is 12.5 Å². The number of hydrogen-bond donors (Lipinski definition) is 1. The number of nitrogens with zero attached hydrogens (tertiary/aromatic N) is 5. The third kappa shape index (κ3) is 5.96. The summed E-state index contributed by atoms with van der Waals surface area (Å²) in [5.74, 6) is -1.29. The summed E-state index contributed by atoms with van der Waals surface area (Å²) in [6, 6.07) is 15.2. The lowest BCUT2D eigenvalue weighted by molar-refractivity contribution is -0.139. The van der Waals surface area contributed by atoms with Gasteiger partial charge in [0.15, 0.2) is 0 Å². The maximum Gasteiger partial charge on any atom is 0.407 e. The van der Waals surface area contributed by atoms with Crippen LogP contribution >= 0.6 is 0 Å². The normalized spacial score (nSPS) is 19.2. The largest absolute Gasteiger partial charge is 0.465 e. The van der Waals surface area contributed by atoms with Gasteiger partial charge in [-0.2, -0.15) is 4.98 Å². The number of ether oxygens (including phenoxy) is 2. The number of morpholine rings is 1. The first-order valence-corrected chi connectivity index (χ1v) is 12.4. The zero-order valence-corrected chi connectivity index (χ0v) is 20.9. The Morgan fingerprint density at radius 1 is 1.03 bits per heavy atom. The summed E-state index contributed by atoms with van der Waals surface area (Å²) in [6.45, 7) is 0.796. The molecule has 2 aliphatic rings. The third-order valence-electron chi connectivity index (χ3n) is 6.66. The van der Waals surface area contributed by atoms with Gasteiger partial charge in [-0.15, -0.1) is 0 Å². The number of hydrazine groups is 1. The van der Waals surface area contributed by atoms with Crippen LogP contribution in [0, 0.1) is 11.7 Å². The van der Waals surface area contributed by atoms with Crippen molar-refractivity contribution in [1.82, 2.24) is 24.9 Å². The van der Waals surface area contributed by atoms with Gasteiger partial charge in [0.25, 0.3) is 5.91 Å². The number of carbonyl (C=O) groups is 3. The first-order valence-electron chi connectivity index (χ1n) is 12.4. The molecule has 2 aliphatic heterocycles. The second kappa shape index (κ2) is 11.4. The molecule has 3 heterocycles. The Hall–Kier alpha value is -4.58. The first kappa shape index (κ1) is 26.0. The van der Waals surface area contributed by atoms with E-state index in [4.69, 9.17) is 9.47 Å². The maximum absolute atomic E-state index is 13.7. The molecule has 11 nitrogen and oxygen atoms in total. The second-order valence-electron chi connectivity index (χ2n) is 9.18. The number of carbonyl (C=O) groups excluding carboxylic acids is 2. The Morgan fingerprint density at radius 2 is 1.77 bits per heavy atom. The molecular weight excluding hydrogens is 509 g/mol. The molecule has 2 atom stereocenters. The number of halogens is 1. The zero-order chi connectivity index (χ0) is 27.4. The van der Waals surface area contributed by atoms with Gasteiger partial charge in [-0.05, 0) is 35.9 Å². The smallest absolute Gasteiger partial charge is 0.407 e. The van der Waals surface area contributed by atoms with Crippen LogP contribution in [0.25, 0.3) is 0 Å². The molecule has 2 unspecified atom stereocenters. The van der Waals surface area contributed by atoms with Crippen molar-refractivity contribution in [2.24, 2.45) is 5.92 Å². The van der Waals surface area contributed by atoms with E-state index in [9.17, 15) is 23.9 Å². The van der Waals surface area contributed by atoms with Crippen molar-refractivity contribution in [3.05, 3.63) is 83.9 Å². The Kier molecular flexibility index (Phi) is 7.64. The standard InChI is InChI=1S/C27H26FN5O6/c28-20-8-6-18(7-9-20)14-24(34)32-15-19(23-17-38-13-12-31(23)27(36)37)16-33(32)25(35)22-10-11-29-26(30-22)39-21-4-2-1-3-5-21/h1-11,19,23H,12-17H2,(H,36,37). The Morgan fingerprint density at radius 3 is 2.51 bits per heavy atom. The van der Waals surface area contributed by atoms with Crippen LogP contribution in [0.15, 0.2) is 66.9 Å². The monoisotopic (exact) mass is 535 g/mol. The van der Waals surface area contributed by atoms with Crippen LogP contribution in [0.5, 0.6) is 11.8 Å². The van der Waals surface area contributed by atoms with Crippen molar-refractivity contribution in [1.29, 1.82) is 0 Å². The molecule has 2 fully saturated rings. The van der Waals surface area contributed by atoms with Gasteiger partial charge in [0, 0.05) is 31.7 Å². The molecule has 0 spiro atoms. The molecule has 2 aromatic carbocycles. The zero-order valence-electron chi connectivity index (χ0n) is 20.9. The predicted octanol–water partition coefficient (Wildman–Crippen LogP) is 2.85. The average Bonchev–Trinajstić information content (AvgIpc) is 3.40. The minimum absolute atomic E-state index is 0.00569. The highest BCUT2D eigenvalue weighted by Gasteiger charge is 2.44. The Balaban J connectivity index is 1.40. The van der Waals surface area contributed by atoms with Crippen molar-refractivity contribution in [3.63, 3.8) is 0 Å². The lowest BCUT2D eigenvalue weighted by atomic mass is 9.98. The molecule has 1 aromatic heterocycles. The van der Waals surface area contributed by atoms with Crippen LogP contribution in [-0.4, -0.2) is 86.8 Å². The van der Waals surface area contributed by atoms with E-state index in [-0.39, 0.29) is 51.0 Å². The van der Waals surface area contributed by atoms with Gasteiger partial charge in [0.2, 0.25) is 5.91 Å². The molecule has 3 aromatic rings. The van der Waals surface area contributed by atoms with E-state index in [1.54, 1.807) is 24.3 Å². The van der Waals surface area contributed by atoms with Crippen LogP contribution in [-0.2, 0) is 16.0 Å². The number of aromatic nitrogens is 2. The van der Waals surface area contributed by atoms with Crippen molar-refractivity contribution >= 4 is 17.9 Å². The molecule has 202 valence electrons. The number of benzene rings is 2. The van der Waals surface area contributed by atoms with Crippen LogP contribution < -0.4 is 4.74 Å². The Bertz CT molecular complexity index is 1340. The van der Waals surface area contributed by atoms with E-state index in [0.717, 1.165) is 0 Å². The third-order valence-corrected chi connectivity index (χ3v) is 6.66. The fourth-order valence-electron chi connectivity index (χ4n) is 4.73. The summed E-state index contributed by atoms with van der Waals surface area (Å²) in [5.41, 5.74) is 0.581. The van der Waals surface area contributed by atoms with Crippen LogP contribution in [0.2, 0.25) is 0 Å². The van der Waals surface area contributed by atoms with E-state index >= 15 is 0 Å². The van der Waals surface area contributed by atoms with E-state index in [1.165, 1.54) is 51.4 Å². The molecule has 2 saturated heterocycles. The summed E-state index contributed by atoms with van der Waals surface area (Å²) in [5, 5.41) is 12.3. The highest BCUT2D eigenvalue weighted by molar-refractivity contribution is 5.94. The average molecular weight is 536 g/mol. The summed E-state index contributed by atoms with van der Waals surface area (Å²) in [6.07, 6.45) is 0.223. The van der Waals surface area contributed by atoms with E-state index in [0.29, 0.717) is 11.3 Å². The van der Waals surface area contributed by atoms with Crippen LogP contribution in [0.1, 0.15) is 16.1 Å². The van der Waals surface area contributed by atoms with E-state index in [1.807, 2.05) is 6.07 Å². The second-order valence-corrected chi connectivity index (χ2v) is 9.18. The van der Waals surface area contributed by atoms with E-state index in [2.05, 4.69) is 9.97 Å². The van der Waals surface area contributed by atoms with Crippen molar-refractivity contribution < 1.29 is 33.4 Å². The summed E-state index contributed by atoms with van der Waals surface area (Å²) in [4.78, 5) is 48.6. The number of rotatable bonds is 6. The molecule has 1 N–H and O–H groups in total. The van der Waals surface area contributed by atoms with Gasteiger partial charge in [0.05, 0.1) is 25.7 Å². The highest BCUT2D eigenvalue weighted by atomic mass is 19.1. The summed E-state index contributed by atoms with van der Waals surface area (Å²) in [7, 11) is 0. The van der Waals surface area contributed by atoms with Gasteiger partial charge in [-0.25, -0.2) is 19.2 Å².